The summed E-state index contributed by atoms with van der Waals surface area (Å²) >= 11 is 0. The quantitative estimate of drug-likeness (QED) is 0.0147. The Hall–Kier alpha value is -8.64. The number of carboxylic acids is 4. The highest BCUT2D eigenvalue weighted by molar-refractivity contribution is 7.89. The predicted molar refractivity (Wildman–Crippen MR) is 361 cm³/mol. The molecule has 0 radical (unpaired) electrons. The van der Waals surface area contributed by atoms with Crippen molar-refractivity contribution in [3.63, 3.8) is 0 Å². The first kappa shape index (κ1) is 83.0. The average Bonchev–Trinajstić information content (AvgIpc) is 1.12. The number of nitrogens with one attached hydrogen (secondary N) is 9. The topological polar surface area (TPSA) is 539 Å². The highest BCUT2D eigenvalue weighted by Crippen LogP contribution is 2.23. The molecule has 2 aromatic heterocycles. The van der Waals surface area contributed by atoms with Gasteiger partial charge in [-0.1, -0.05) is 23.8 Å². The van der Waals surface area contributed by atoms with Crippen molar-refractivity contribution in [3.05, 3.63) is 87.0 Å². The van der Waals surface area contributed by atoms with Gasteiger partial charge in [-0.25, -0.2) is 13.4 Å². The zero-order valence-corrected chi connectivity index (χ0v) is 57.4. The highest BCUT2D eigenvalue weighted by Gasteiger charge is 2.33. The largest absolute Gasteiger partial charge is 0.481 e. The number of fused-ring (bicyclic) bond motifs is 1. The zero-order valence-electron chi connectivity index (χ0n) is 56.6. The van der Waals surface area contributed by atoms with E-state index in [1.165, 1.54) is 6.20 Å². The molecule has 4 aromatic rings. The molecule has 3 heterocycles. The van der Waals surface area contributed by atoms with Gasteiger partial charge in [-0.3, -0.25) is 72.9 Å². The van der Waals surface area contributed by atoms with Crippen molar-refractivity contribution in [2.45, 2.75) is 121 Å². The van der Waals surface area contributed by atoms with Gasteiger partial charge in [0.05, 0.1) is 35.8 Å². The summed E-state index contributed by atoms with van der Waals surface area (Å²) < 4.78 is 36.3. The van der Waals surface area contributed by atoms with Gasteiger partial charge in [-0.2, -0.15) is 4.72 Å². The van der Waals surface area contributed by atoms with Crippen molar-refractivity contribution in [2.75, 3.05) is 123 Å². The SMILES string of the molecule is Cc1cc(C)c(S(=O)(=O)NC(CNC(=O)c2cn(CCCNC(=O)CCC(=O)NCCCOCCCNC(=O)[C@@H](CC(=O)O)NC(=O)[C@@H](CC(=O)O)NC(O)CN3CCN(CC(=O)O)CCN(CC(O)O)CCN(CC(O)O)CC3)c3cc(CNc4ncc[nH]4)ccc3c2=O)C(=O)O)c(C)c1. The van der Waals surface area contributed by atoms with Crippen LogP contribution < -0.4 is 47.4 Å². The smallest absolute Gasteiger partial charge is 0.323 e. The first-order chi connectivity index (χ1) is 47.9. The first-order valence-corrected chi connectivity index (χ1v) is 34.3. The molecule has 5 rings (SSSR count). The Bertz CT molecular complexity index is 3580. The van der Waals surface area contributed by atoms with Crippen LogP contribution in [0.4, 0.5) is 5.95 Å². The van der Waals surface area contributed by atoms with Gasteiger partial charge in [0.2, 0.25) is 39.1 Å². The van der Waals surface area contributed by atoms with Crippen molar-refractivity contribution in [3.8, 4) is 0 Å². The van der Waals surface area contributed by atoms with Crippen molar-refractivity contribution in [1.29, 1.82) is 0 Å². The highest BCUT2D eigenvalue weighted by atomic mass is 32.2. The number of ether oxygens (including phenoxy) is 1. The number of anilines is 1. The van der Waals surface area contributed by atoms with E-state index in [1.807, 2.05) is 0 Å². The second-order valence-corrected chi connectivity index (χ2v) is 26.0. The minimum absolute atomic E-state index is 0.0430. The lowest BCUT2D eigenvalue weighted by atomic mass is 10.1. The van der Waals surface area contributed by atoms with Crippen molar-refractivity contribution in [1.82, 2.24) is 70.8 Å². The summed E-state index contributed by atoms with van der Waals surface area (Å²) in [5, 5.41) is 107. The summed E-state index contributed by atoms with van der Waals surface area (Å²) in [6, 6.07) is 3.05. The summed E-state index contributed by atoms with van der Waals surface area (Å²) in [5.74, 6) is -9.04. The number of aliphatic carboxylic acids is 4. The molecule has 4 atom stereocenters. The van der Waals surface area contributed by atoms with Gasteiger partial charge in [0.15, 0.2) is 18.5 Å². The number of aliphatic hydroxyl groups excluding tert-OH is 3. The number of H-pyrrole nitrogens is 1. The minimum atomic E-state index is -4.39. The number of aliphatic hydroxyl groups is 5. The maximum Gasteiger partial charge on any atom is 0.323 e. The molecular weight excluding hydrogens is 1350 g/mol. The van der Waals surface area contributed by atoms with Gasteiger partial charge in [0.25, 0.3) is 5.91 Å². The number of aryl methyl sites for hydroxylation is 4. The molecule has 37 nitrogen and oxygen atoms in total. The maximum atomic E-state index is 13.9. The fraction of sp³-hybridized carbons (Fsp3) is 0.571. The van der Waals surface area contributed by atoms with Crippen LogP contribution in [0.2, 0.25) is 0 Å². The predicted octanol–water partition coefficient (Wildman–Crippen LogP) is -4.62. The van der Waals surface area contributed by atoms with Crippen LogP contribution in [0, 0.1) is 20.8 Å². The lowest BCUT2D eigenvalue weighted by Gasteiger charge is -2.35. The molecule has 1 aliphatic rings. The van der Waals surface area contributed by atoms with Gasteiger partial charge in [-0.15, -0.1) is 0 Å². The van der Waals surface area contributed by atoms with Crippen LogP contribution in [-0.2, 0) is 66.2 Å². The van der Waals surface area contributed by atoms with Gasteiger partial charge in [0.1, 0.15) is 23.9 Å². The number of aromatic nitrogens is 3. The fourth-order valence-electron chi connectivity index (χ4n) is 11.2. The molecule has 101 heavy (non-hydrogen) atoms. The minimum Gasteiger partial charge on any atom is -0.481 e. The summed E-state index contributed by atoms with van der Waals surface area (Å²) in [6.45, 7) is 5.64. The summed E-state index contributed by atoms with van der Waals surface area (Å²) in [7, 11) is -4.39. The molecule has 18 N–H and O–H groups in total. The van der Waals surface area contributed by atoms with E-state index in [0.29, 0.717) is 35.6 Å². The molecule has 0 spiro atoms. The molecule has 2 aromatic carbocycles. The van der Waals surface area contributed by atoms with E-state index >= 15 is 0 Å². The molecular formula is C63H95N15O22S. The van der Waals surface area contributed by atoms with Crippen LogP contribution in [0.25, 0.3) is 10.9 Å². The molecule has 0 saturated carbocycles. The van der Waals surface area contributed by atoms with E-state index in [1.54, 1.807) is 87.7 Å². The Kier molecular flexibility index (Phi) is 34.5. The molecule has 0 aliphatic carbocycles. The average molecular weight is 1450 g/mol. The number of carbonyl (C=O) groups is 9. The number of hydrogen-bond donors (Lipinski definition) is 18. The number of aromatic amines is 1. The molecule has 38 heteroatoms. The third-order valence-electron chi connectivity index (χ3n) is 16.0. The molecule has 2 unspecified atom stereocenters. The number of amides is 5. The van der Waals surface area contributed by atoms with E-state index in [-0.39, 0.29) is 159 Å². The lowest BCUT2D eigenvalue weighted by Crippen LogP contribution is -2.57. The van der Waals surface area contributed by atoms with Crippen molar-refractivity contribution >= 4 is 80.3 Å². The monoisotopic (exact) mass is 1450 g/mol. The Labute approximate surface area is 582 Å². The molecule has 1 saturated heterocycles. The Morgan fingerprint density at radius 1 is 0.644 bits per heavy atom. The molecule has 1 fully saturated rings. The Morgan fingerprint density at radius 2 is 1.19 bits per heavy atom. The second kappa shape index (κ2) is 41.9. The van der Waals surface area contributed by atoms with E-state index in [9.17, 15) is 102 Å². The third kappa shape index (κ3) is 29.8. The number of rotatable bonds is 42. The molecule has 5 amide bonds. The van der Waals surface area contributed by atoms with E-state index in [2.05, 4.69) is 51.9 Å². The summed E-state index contributed by atoms with van der Waals surface area (Å²) in [4.78, 5) is 141. The number of carboxylic acid groups (broad SMARTS) is 4. The van der Waals surface area contributed by atoms with Crippen LogP contribution in [-0.4, -0.2) is 297 Å². The Morgan fingerprint density at radius 3 is 1.72 bits per heavy atom. The van der Waals surface area contributed by atoms with E-state index < -0.39 is 125 Å². The second-order valence-electron chi connectivity index (χ2n) is 24.3. The number of benzene rings is 2. The number of imidazole rings is 1. The number of sulfonamides is 1. The fourth-order valence-corrected chi connectivity index (χ4v) is 12.8. The third-order valence-corrected chi connectivity index (χ3v) is 17.8. The van der Waals surface area contributed by atoms with E-state index in [4.69, 9.17) is 4.74 Å². The lowest BCUT2D eigenvalue weighted by molar-refractivity contribution is -0.143. The molecule has 1 aliphatic heterocycles. The standard InChI is InChI=1S/C63H95N15O22S/c1-39-27-40(2)58(41(3)28-39)101(98,99)73-47(62(96)97)33-69-59(93)44-34-78(48-29-42(7-8-43(48)57(44)92)32-70-63-67-14-15-68-63)16-4-11-64-49(79)9-10-50(80)65-12-5-25-100-26-6-13-66-60(94)45(30-52(82)83)72-61(95)46(31-53(84)85)71-51(81)35-74-17-19-75(36-54(86)87)21-23-77(38-56(90)91)24-22-76(20-18-74)37-55(88)89/h7-8,14-15,27-29,34,45-47,51,54,56,71,73,81,86-87,90-91H,4-6,9-13,16-26,30-33,35-38H2,1-3H3,(H,64,79)(H,65,80)(H,66,94)(H,69,93)(H,72,95)(H,82,83)(H,84,85)(H,88,89)(H,96,97)(H2,67,68,70)/t45-,46-,47?,51?/m1/s1. The maximum absolute atomic E-state index is 13.9. The van der Waals surface area contributed by atoms with Gasteiger partial charge >= 0.3 is 23.9 Å². The van der Waals surface area contributed by atoms with Crippen molar-refractivity contribution < 1.29 is 102 Å². The number of nitrogens with zero attached hydrogens (tertiary/aromatic N) is 6. The van der Waals surface area contributed by atoms with Gasteiger partial charge < -0.3 is 92.1 Å². The summed E-state index contributed by atoms with van der Waals surface area (Å²) in [6.07, 6.45) is -1.81. The first-order valence-electron chi connectivity index (χ1n) is 32.8. The Balaban J connectivity index is 1.04. The molecule has 0 bridgehead atoms. The molecule has 560 valence electrons. The zero-order chi connectivity index (χ0) is 74.3. The number of carbonyl (C=O) groups excluding carboxylic acids is 5. The van der Waals surface area contributed by atoms with Crippen molar-refractivity contribution in [2.24, 2.45) is 0 Å². The van der Waals surface area contributed by atoms with Crippen LogP contribution in [0.15, 0.2) is 58.6 Å². The number of hydrogen-bond acceptors (Lipinski definition) is 25. The van der Waals surface area contributed by atoms with Gasteiger partial charge in [-0.05, 0) is 68.9 Å². The van der Waals surface area contributed by atoms with Crippen LogP contribution >= 0.6 is 0 Å². The normalized spacial score (nSPS) is 15.2. The van der Waals surface area contributed by atoms with Crippen LogP contribution in [0.3, 0.4) is 0 Å². The van der Waals surface area contributed by atoms with Crippen LogP contribution in [0.1, 0.15) is 77.6 Å². The summed E-state index contributed by atoms with van der Waals surface area (Å²) in [5.41, 5.74) is 1.72. The van der Waals surface area contributed by atoms with Gasteiger partial charge in [0, 0.05) is 161 Å². The van der Waals surface area contributed by atoms with Crippen LogP contribution in [0.5, 0.6) is 0 Å². The number of pyridine rings is 1. The number of β-amino-alcohol motifs (C(OH)–C–C–N with tert-alkyl or cyclic N) is 5. The van der Waals surface area contributed by atoms with E-state index in [0.717, 1.165) is 11.1 Å².